The molecular weight excluding hydrogens is 278 g/mol. The molecule has 0 saturated carbocycles. The summed E-state index contributed by atoms with van der Waals surface area (Å²) in [6, 6.07) is 0. The van der Waals surface area contributed by atoms with Crippen LogP contribution in [0.25, 0.3) is 0 Å². The summed E-state index contributed by atoms with van der Waals surface area (Å²) >= 11 is 6.18. The average Bonchev–Trinajstić information content (AvgIpc) is 2.45. The minimum Gasteiger partial charge on any atom is -0.381 e. The number of nitrogens with one attached hydrogen (secondary N) is 1. The first-order chi connectivity index (χ1) is 9.60. The largest absolute Gasteiger partial charge is 0.381 e. The van der Waals surface area contributed by atoms with Gasteiger partial charge in [0.25, 0.3) is 0 Å². The molecule has 0 unspecified atom stereocenters. The van der Waals surface area contributed by atoms with Crippen LogP contribution in [0.1, 0.15) is 31.2 Å². The van der Waals surface area contributed by atoms with Crippen LogP contribution in [-0.4, -0.2) is 42.4 Å². The zero-order chi connectivity index (χ0) is 14.6. The Morgan fingerprint density at radius 3 is 2.65 bits per heavy atom. The van der Waals surface area contributed by atoms with E-state index < -0.39 is 0 Å². The van der Waals surface area contributed by atoms with Gasteiger partial charge in [0, 0.05) is 45.3 Å². The third kappa shape index (κ3) is 3.40. The Morgan fingerprint density at radius 2 is 2.05 bits per heavy atom. The molecule has 1 aliphatic rings. The summed E-state index contributed by atoms with van der Waals surface area (Å²) in [7, 11) is 1.76. The molecule has 1 N–H and O–H groups in total. The van der Waals surface area contributed by atoms with Crippen LogP contribution in [0, 0.1) is 6.92 Å². The third-order valence-electron chi connectivity index (χ3n) is 3.84. The van der Waals surface area contributed by atoms with Gasteiger partial charge in [-0.2, -0.15) is 0 Å². The van der Waals surface area contributed by atoms with Crippen molar-refractivity contribution in [1.29, 1.82) is 0 Å². The lowest BCUT2D eigenvalue weighted by atomic mass is 9.94. The molecule has 0 aliphatic carbocycles. The first-order valence-electron chi connectivity index (χ1n) is 7.00. The molecule has 6 heteroatoms. The minimum atomic E-state index is -0.186. The monoisotopic (exact) mass is 299 g/mol. The molecule has 0 bridgehead atoms. The maximum absolute atomic E-state index is 6.18. The van der Waals surface area contributed by atoms with Crippen LogP contribution in [0.3, 0.4) is 0 Å². The van der Waals surface area contributed by atoms with Crippen molar-refractivity contribution >= 4 is 17.4 Å². The van der Waals surface area contributed by atoms with E-state index in [9.17, 15) is 0 Å². The molecule has 2 rings (SSSR count). The lowest BCUT2D eigenvalue weighted by molar-refractivity contribution is -0.0807. The fraction of sp³-hybridized carbons (Fsp3) is 0.714. The molecule has 0 amide bonds. The topological polar surface area (TPSA) is 56.3 Å². The molecule has 1 fully saturated rings. The molecule has 1 aromatic rings. The van der Waals surface area contributed by atoms with Crippen LogP contribution in [-0.2, 0) is 15.9 Å². The second kappa shape index (κ2) is 6.70. The summed E-state index contributed by atoms with van der Waals surface area (Å²) in [5.41, 5.74) is 0.768. The zero-order valence-electron chi connectivity index (χ0n) is 12.3. The smallest absolute Gasteiger partial charge is 0.138 e. The van der Waals surface area contributed by atoms with Gasteiger partial charge in [0.15, 0.2) is 0 Å². The van der Waals surface area contributed by atoms with Crippen LogP contribution in [0.4, 0.5) is 5.82 Å². The molecule has 112 valence electrons. The van der Waals surface area contributed by atoms with Crippen molar-refractivity contribution in [2.45, 2.75) is 38.7 Å². The van der Waals surface area contributed by atoms with E-state index in [4.69, 9.17) is 21.1 Å². The van der Waals surface area contributed by atoms with Crippen molar-refractivity contribution < 1.29 is 9.47 Å². The Labute approximate surface area is 125 Å². The lowest BCUT2D eigenvalue weighted by Crippen LogP contribution is -2.44. The van der Waals surface area contributed by atoms with Crippen molar-refractivity contribution in [3.8, 4) is 0 Å². The molecule has 1 aliphatic heterocycles. The number of aryl methyl sites for hydroxylation is 1. The molecule has 5 nitrogen and oxygen atoms in total. The summed E-state index contributed by atoms with van der Waals surface area (Å²) in [5, 5.41) is 3.92. The van der Waals surface area contributed by atoms with Gasteiger partial charge >= 0.3 is 0 Å². The number of methoxy groups -OCH3 is 1. The van der Waals surface area contributed by atoms with E-state index in [1.165, 1.54) is 0 Å². The summed E-state index contributed by atoms with van der Waals surface area (Å²) < 4.78 is 11.1. The lowest BCUT2D eigenvalue weighted by Gasteiger charge is -2.36. The molecule has 2 heterocycles. The highest BCUT2D eigenvalue weighted by atomic mass is 35.5. The van der Waals surface area contributed by atoms with Crippen molar-refractivity contribution in [2.75, 3.05) is 32.2 Å². The Balaban J connectivity index is 2.13. The number of nitrogens with zero attached hydrogens (tertiary/aromatic N) is 2. The van der Waals surface area contributed by atoms with Crippen molar-refractivity contribution in [3.05, 3.63) is 16.5 Å². The predicted molar refractivity (Wildman–Crippen MR) is 79.4 cm³/mol. The second-order valence-corrected chi connectivity index (χ2v) is 5.45. The van der Waals surface area contributed by atoms with E-state index in [-0.39, 0.29) is 5.60 Å². The van der Waals surface area contributed by atoms with Gasteiger partial charge < -0.3 is 14.8 Å². The molecule has 0 spiro atoms. The van der Waals surface area contributed by atoms with E-state index in [0.717, 1.165) is 43.9 Å². The van der Waals surface area contributed by atoms with Gasteiger partial charge in [-0.15, -0.1) is 0 Å². The van der Waals surface area contributed by atoms with Crippen molar-refractivity contribution in [1.82, 2.24) is 9.97 Å². The fourth-order valence-corrected chi connectivity index (χ4v) is 2.81. The Bertz CT molecular complexity index is 462. The highest BCUT2D eigenvalue weighted by Gasteiger charge is 2.32. The first-order valence-corrected chi connectivity index (χ1v) is 7.38. The number of hydrogen-bond donors (Lipinski definition) is 1. The van der Waals surface area contributed by atoms with E-state index in [1.54, 1.807) is 7.11 Å². The van der Waals surface area contributed by atoms with Gasteiger partial charge in [-0.1, -0.05) is 18.5 Å². The summed E-state index contributed by atoms with van der Waals surface area (Å²) in [4.78, 5) is 8.66. The number of ether oxygens (including phenoxy) is 2. The quantitative estimate of drug-likeness (QED) is 0.847. The van der Waals surface area contributed by atoms with Crippen LogP contribution in [0.15, 0.2) is 0 Å². The number of rotatable bonds is 5. The van der Waals surface area contributed by atoms with E-state index in [1.807, 2.05) is 13.8 Å². The van der Waals surface area contributed by atoms with Gasteiger partial charge in [-0.3, -0.25) is 0 Å². The van der Waals surface area contributed by atoms with Crippen molar-refractivity contribution in [2.24, 2.45) is 0 Å². The van der Waals surface area contributed by atoms with Crippen LogP contribution in [0.5, 0.6) is 0 Å². The van der Waals surface area contributed by atoms with Crippen LogP contribution >= 0.6 is 11.6 Å². The first kappa shape index (κ1) is 15.5. The Kier molecular flexibility index (Phi) is 5.18. The van der Waals surface area contributed by atoms with E-state index in [2.05, 4.69) is 15.3 Å². The van der Waals surface area contributed by atoms with Gasteiger partial charge in [0.05, 0.1) is 5.60 Å². The van der Waals surface area contributed by atoms with Crippen LogP contribution < -0.4 is 5.32 Å². The molecule has 0 atom stereocenters. The normalized spacial score (nSPS) is 18.0. The molecule has 1 aromatic heterocycles. The van der Waals surface area contributed by atoms with Gasteiger partial charge in [-0.05, 0) is 13.3 Å². The summed E-state index contributed by atoms with van der Waals surface area (Å²) in [6.45, 7) is 6.06. The number of anilines is 1. The van der Waals surface area contributed by atoms with Gasteiger partial charge in [-0.25, -0.2) is 9.97 Å². The van der Waals surface area contributed by atoms with E-state index in [0.29, 0.717) is 17.5 Å². The van der Waals surface area contributed by atoms with Crippen LogP contribution in [0.2, 0.25) is 5.15 Å². The molecular formula is C14H22ClN3O2. The number of halogens is 1. The zero-order valence-corrected chi connectivity index (χ0v) is 13.1. The molecule has 0 aromatic carbocycles. The molecule has 1 saturated heterocycles. The number of hydrogen-bond acceptors (Lipinski definition) is 5. The maximum atomic E-state index is 6.18. The summed E-state index contributed by atoms with van der Waals surface area (Å²) in [6.07, 6.45) is 2.57. The standard InChI is InChI=1S/C14H22ClN3O2/c1-4-11-12(15)17-10(2)18-13(11)16-9-14(19-3)5-7-20-8-6-14/h4-9H2,1-3H3,(H,16,17,18). The molecule has 20 heavy (non-hydrogen) atoms. The van der Waals surface area contributed by atoms with E-state index >= 15 is 0 Å². The number of aromatic nitrogens is 2. The van der Waals surface area contributed by atoms with Gasteiger partial charge in [0.1, 0.15) is 16.8 Å². The minimum absolute atomic E-state index is 0.186. The average molecular weight is 300 g/mol. The SMILES string of the molecule is CCc1c(Cl)nc(C)nc1NCC1(OC)CCOCC1. The Hall–Kier alpha value is -0.910. The highest BCUT2D eigenvalue weighted by molar-refractivity contribution is 6.30. The second-order valence-electron chi connectivity index (χ2n) is 5.10. The maximum Gasteiger partial charge on any atom is 0.138 e. The highest BCUT2D eigenvalue weighted by Crippen LogP contribution is 2.27. The fourth-order valence-electron chi connectivity index (χ4n) is 2.46. The van der Waals surface area contributed by atoms with Crippen molar-refractivity contribution in [3.63, 3.8) is 0 Å². The molecule has 0 radical (unpaired) electrons. The van der Waals surface area contributed by atoms with Gasteiger partial charge in [0.2, 0.25) is 0 Å². The Morgan fingerprint density at radius 1 is 1.35 bits per heavy atom. The third-order valence-corrected chi connectivity index (χ3v) is 4.15. The summed E-state index contributed by atoms with van der Waals surface area (Å²) in [5.74, 6) is 1.49. The predicted octanol–water partition coefficient (Wildman–Crippen LogP) is 2.61.